The van der Waals surface area contributed by atoms with Crippen LogP contribution in [0.15, 0.2) is 41.8 Å². The smallest absolute Gasteiger partial charge is 0.235 e. The van der Waals surface area contributed by atoms with Gasteiger partial charge in [0.2, 0.25) is 11.8 Å². The molecule has 5 rings (SSSR count). The van der Waals surface area contributed by atoms with Crippen molar-refractivity contribution < 1.29 is 9.59 Å². The maximum atomic E-state index is 13.6. The molecule has 4 nitrogen and oxygen atoms in total. The largest absolute Gasteiger partial charge is 0.342 e. The molecule has 140 valence electrons. The van der Waals surface area contributed by atoms with Crippen molar-refractivity contribution in [1.29, 1.82) is 0 Å². The second-order valence-electron chi connectivity index (χ2n) is 8.82. The molecular weight excluding hydrogens is 356 g/mol. The zero-order valence-corrected chi connectivity index (χ0v) is 16.6. The number of likely N-dealkylation sites (tertiary alicyclic amines) is 1. The number of anilines is 1. The van der Waals surface area contributed by atoms with Crippen LogP contribution in [0.4, 0.5) is 5.69 Å². The van der Waals surface area contributed by atoms with Crippen LogP contribution in [-0.2, 0) is 20.4 Å². The lowest BCUT2D eigenvalue weighted by Crippen LogP contribution is -2.51. The van der Waals surface area contributed by atoms with Gasteiger partial charge in [-0.05, 0) is 47.8 Å². The van der Waals surface area contributed by atoms with Crippen LogP contribution in [0.25, 0.3) is 0 Å². The van der Waals surface area contributed by atoms with Gasteiger partial charge in [-0.25, -0.2) is 0 Å². The Labute approximate surface area is 163 Å². The highest BCUT2D eigenvalue weighted by molar-refractivity contribution is 7.10. The summed E-state index contributed by atoms with van der Waals surface area (Å²) in [7, 11) is 0. The van der Waals surface area contributed by atoms with Gasteiger partial charge in [0.05, 0.1) is 10.8 Å². The fourth-order valence-corrected chi connectivity index (χ4v) is 6.36. The van der Waals surface area contributed by atoms with E-state index in [1.165, 1.54) is 4.88 Å². The van der Waals surface area contributed by atoms with Gasteiger partial charge in [-0.2, -0.15) is 0 Å². The normalized spacial score (nSPS) is 27.3. The van der Waals surface area contributed by atoms with Crippen LogP contribution in [0.2, 0.25) is 0 Å². The lowest BCUT2D eigenvalue weighted by atomic mass is 9.73. The number of amides is 2. The van der Waals surface area contributed by atoms with Gasteiger partial charge in [-0.15, -0.1) is 11.3 Å². The van der Waals surface area contributed by atoms with E-state index in [4.69, 9.17) is 0 Å². The average Bonchev–Trinajstić information content (AvgIpc) is 3.01. The van der Waals surface area contributed by atoms with Crippen molar-refractivity contribution in [2.24, 2.45) is 5.41 Å². The molecule has 1 saturated carbocycles. The third-order valence-corrected chi connectivity index (χ3v) is 8.11. The van der Waals surface area contributed by atoms with E-state index in [-0.39, 0.29) is 22.6 Å². The predicted octanol–water partition coefficient (Wildman–Crippen LogP) is 3.93. The van der Waals surface area contributed by atoms with Gasteiger partial charge in [0, 0.05) is 23.7 Å². The van der Waals surface area contributed by atoms with Crippen molar-refractivity contribution in [2.45, 2.75) is 43.9 Å². The van der Waals surface area contributed by atoms with Crippen molar-refractivity contribution in [1.82, 2.24) is 4.90 Å². The Morgan fingerprint density at radius 3 is 2.44 bits per heavy atom. The van der Waals surface area contributed by atoms with Crippen molar-refractivity contribution in [3.63, 3.8) is 0 Å². The molecule has 0 radical (unpaired) electrons. The molecule has 1 aromatic carbocycles. The van der Waals surface area contributed by atoms with Gasteiger partial charge < -0.3 is 10.2 Å². The molecule has 0 unspecified atom stereocenters. The van der Waals surface area contributed by atoms with Crippen LogP contribution < -0.4 is 5.32 Å². The number of para-hydroxylation sites is 1. The molecule has 1 saturated heterocycles. The summed E-state index contributed by atoms with van der Waals surface area (Å²) in [4.78, 5) is 29.5. The summed E-state index contributed by atoms with van der Waals surface area (Å²) in [5.41, 5.74) is 1.19. The van der Waals surface area contributed by atoms with Gasteiger partial charge in [0.1, 0.15) is 0 Å². The van der Waals surface area contributed by atoms with Gasteiger partial charge in [0.15, 0.2) is 0 Å². The topological polar surface area (TPSA) is 49.4 Å². The van der Waals surface area contributed by atoms with Crippen LogP contribution in [0, 0.1) is 5.41 Å². The van der Waals surface area contributed by atoms with E-state index in [2.05, 4.69) is 36.7 Å². The number of piperidine rings is 1. The minimum Gasteiger partial charge on any atom is -0.342 e. The maximum absolute atomic E-state index is 13.6. The van der Waals surface area contributed by atoms with Gasteiger partial charge >= 0.3 is 0 Å². The van der Waals surface area contributed by atoms with Crippen LogP contribution in [0.1, 0.15) is 43.6 Å². The molecule has 1 N–H and O–H groups in total. The van der Waals surface area contributed by atoms with Crippen molar-refractivity contribution in [2.75, 3.05) is 18.4 Å². The number of fused-ring (bicyclic) bond motifs is 2. The van der Waals surface area contributed by atoms with Crippen LogP contribution >= 0.6 is 11.3 Å². The fourth-order valence-electron chi connectivity index (χ4n) is 5.26. The quantitative estimate of drug-likeness (QED) is 0.858. The summed E-state index contributed by atoms with van der Waals surface area (Å²) in [6, 6.07) is 12.1. The van der Waals surface area contributed by atoms with Gasteiger partial charge in [-0.1, -0.05) is 38.1 Å². The Kier molecular flexibility index (Phi) is 3.43. The minimum absolute atomic E-state index is 0.00139. The number of nitrogens with zero attached hydrogens (tertiary/aromatic N) is 1. The summed E-state index contributed by atoms with van der Waals surface area (Å²) >= 11 is 1.69. The number of carbonyl (C=O) groups excluding carboxylic acids is 2. The van der Waals surface area contributed by atoms with E-state index in [0.717, 1.165) is 17.7 Å². The molecule has 1 spiro atoms. The average molecular weight is 381 g/mol. The van der Waals surface area contributed by atoms with Crippen molar-refractivity contribution in [3.8, 4) is 0 Å². The number of carbonyl (C=O) groups is 2. The Bertz CT molecular complexity index is 926. The van der Waals surface area contributed by atoms with E-state index >= 15 is 0 Å². The minimum atomic E-state index is -0.470. The highest BCUT2D eigenvalue weighted by atomic mass is 32.1. The van der Waals surface area contributed by atoms with Crippen LogP contribution in [-0.4, -0.2) is 29.8 Å². The molecule has 3 heterocycles. The third kappa shape index (κ3) is 2.15. The van der Waals surface area contributed by atoms with E-state index < -0.39 is 5.41 Å². The molecular formula is C22H24N2O2S. The molecule has 0 bridgehead atoms. The second kappa shape index (κ2) is 5.44. The molecule has 27 heavy (non-hydrogen) atoms. The summed E-state index contributed by atoms with van der Waals surface area (Å²) in [6.45, 7) is 5.67. The first kappa shape index (κ1) is 17.0. The first-order valence-corrected chi connectivity index (χ1v) is 10.5. The van der Waals surface area contributed by atoms with E-state index in [9.17, 15) is 9.59 Å². The number of hydrogen-bond donors (Lipinski definition) is 1. The Morgan fingerprint density at radius 1 is 1.11 bits per heavy atom. The highest BCUT2D eigenvalue weighted by Gasteiger charge is 2.69. The molecule has 2 amide bonds. The second-order valence-corrected chi connectivity index (χ2v) is 9.77. The molecule has 1 aromatic heterocycles. The fraction of sp³-hybridized carbons (Fsp3) is 0.455. The number of hydrogen-bond acceptors (Lipinski definition) is 3. The highest BCUT2D eigenvalue weighted by Crippen LogP contribution is 2.66. The lowest BCUT2D eigenvalue weighted by Gasteiger charge is -2.39. The van der Waals surface area contributed by atoms with E-state index in [1.807, 2.05) is 29.2 Å². The Morgan fingerprint density at radius 2 is 1.81 bits per heavy atom. The van der Waals surface area contributed by atoms with Gasteiger partial charge in [-0.3, -0.25) is 9.59 Å². The summed E-state index contributed by atoms with van der Waals surface area (Å²) < 4.78 is 0. The first-order chi connectivity index (χ1) is 12.9. The van der Waals surface area contributed by atoms with E-state index in [0.29, 0.717) is 25.9 Å². The summed E-state index contributed by atoms with van der Waals surface area (Å²) in [6.07, 6.45) is 2.30. The zero-order chi connectivity index (χ0) is 18.9. The van der Waals surface area contributed by atoms with Crippen molar-refractivity contribution >= 4 is 28.8 Å². The standard InChI is InChI=1S/C22H24N2O2S/c1-20(2)14-22(20,17-8-5-13-27-17)19(26)24-11-9-21(10-12-24)15-6-3-4-7-16(15)23-18(21)25/h3-8,13H,9-12,14H2,1-2H3,(H,23,25)/t22-/m1/s1. The molecule has 5 heteroatoms. The molecule has 1 aliphatic carbocycles. The molecule has 2 fully saturated rings. The summed E-state index contributed by atoms with van der Waals surface area (Å²) in [5, 5.41) is 5.10. The Balaban J connectivity index is 1.40. The van der Waals surface area contributed by atoms with Crippen LogP contribution in [0.3, 0.4) is 0 Å². The maximum Gasteiger partial charge on any atom is 0.235 e. The lowest BCUT2D eigenvalue weighted by molar-refractivity contribution is -0.138. The first-order valence-electron chi connectivity index (χ1n) is 9.65. The number of benzene rings is 1. The summed E-state index contributed by atoms with van der Waals surface area (Å²) in [5.74, 6) is 0.340. The SMILES string of the molecule is CC1(C)C[C@]1(C(=O)N1CCC2(CC1)C(=O)Nc1ccccc12)c1cccs1. The molecule has 2 aromatic rings. The monoisotopic (exact) mass is 380 g/mol. The number of rotatable bonds is 2. The predicted molar refractivity (Wildman–Crippen MR) is 107 cm³/mol. The molecule has 2 aliphatic heterocycles. The number of nitrogens with one attached hydrogen (secondary N) is 1. The van der Waals surface area contributed by atoms with Crippen molar-refractivity contribution in [3.05, 3.63) is 52.2 Å². The number of thiophene rings is 1. The van der Waals surface area contributed by atoms with Crippen LogP contribution in [0.5, 0.6) is 0 Å². The van der Waals surface area contributed by atoms with E-state index in [1.54, 1.807) is 11.3 Å². The molecule has 1 atom stereocenters. The molecule has 3 aliphatic rings. The Hall–Kier alpha value is -2.14. The van der Waals surface area contributed by atoms with Gasteiger partial charge in [0.25, 0.3) is 0 Å². The third-order valence-electron chi connectivity index (χ3n) is 7.07. The zero-order valence-electron chi connectivity index (χ0n) is 15.7.